The van der Waals surface area contributed by atoms with Gasteiger partial charge in [-0.1, -0.05) is 91.0 Å². The molecule has 0 saturated carbocycles. The van der Waals surface area contributed by atoms with E-state index in [0.717, 1.165) is 29.2 Å². The Hall–Kier alpha value is -4.23. The second-order valence-corrected chi connectivity index (χ2v) is 9.10. The summed E-state index contributed by atoms with van der Waals surface area (Å²) in [5.41, 5.74) is 3.90. The average Bonchev–Trinajstić information content (AvgIpc) is 3.48. The van der Waals surface area contributed by atoms with Crippen LogP contribution in [0, 0.1) is 0 Å². The van der Waals surface area contributed by atoms with Crippen molar-refractivity contribution < 1.29 is 9.63 Å². The molecule has 7 nitrogen and oxygen atoms in total. The maximum absolute atomic E-state index is 13.5. The summed E-state index contributed by atoms with van der Waals surface area (Å²) in [6, 6.07) is 30.8. The van der Waals surface area contributed by atoms with E-state index in [1.54, 1.807) is 0 Å². The van der Waals surface area contributed by atoms with Gasteiger partial charge in [0.15, 0.2) is 5.69 Å². The van der Waals surface area contributed by atoms with Gasteiger partial charge in [-0.15, -0.1) is 5.06 Å². The molecule has 0 radical (unpaired) electrons. The van der Waals surface area contributed by atoms with E-state index in [1.165, 1.54) is 17.7 Å². The summed E-state index contributed by atoms with van der Waals surface area (Å²) in [4.78, 5) is 31.0. The van der Waals surface area contributed by atoms with E-state index < -0.39 is 0 Å². The van der Waals surface area contributed by atoms with Crippen molar-refractivity contribution in [1.82, 2.24) is 14.6 Å². The van der Waals surface area contributed by atoms with E-state index >= 15 is 0 Å². The number of aromatic nitrogens is 2. The first-order valence-electron chi connectivity index (χ1n) is 12.2. The molecular weight excluding hydrogens is 450 g/mol. The van der Waals surface area contributed by atoms with Crippen LogP contribution in [0.4, 0.5) is 5.82 Å². The topological polar surface area (TPSA) is 63.0 Å². The molecule has 0 unspecified atom stereocenters. The molecule has 3 heterocycles. The van der Waals surface area contributed by atoms with Crippen molar-refractivity contribution in [2.24, 2.45) is 4.99 Å². The van der Waals surface area contributed by atoms with Crippen LogP contribution in [0.3, 0.4) is 0 Å². The van der Waals surface area contributed by atoms with Gasteiger partial charge < -0.3 is 4.57 Å². The number of carbonyl (C=O) groups excluding carboxylic acids is 1. The predicted octanol–water partition coefficient (Wildman–Crippen LogP) is 4.33. The number of guanidine groups is 1. The molecule has 7 heteroatoms. The molecule has 4 aromatic rings. The number of benzene rings is 3. The van der Waals surface area contributed by atoms with Gasteiger partial charge in [-0.25, -0.2) is 9.98 Å². The van der Waals surface area contributed by atoms with Crippen LogP contribution >= 0.6 is 0 Å². The molecule has 6 rings (SSSR count). The fourth-order valence-corrected chi connectivity index (χ4v) is 5.01. The van der Waals surface area contributed by atoms with Crippen molar-refractivity contribution in [3.8, 4) is 0 Å². The Morgan fingerprint density at radius 1 is 0.861 bits per heavy atom. The maximum atomic E-state index is 13.5. The molecule has 180 valence electrons. The highest BCUT2D eigenvalue weighted by Gasteiger charge is 2.44. The molecule has 0 saturated heterocycles. The summed E-state index contributed by atoms with van der Waals surface area (Å²) in [5, 5.41) is 1.28. The molecule has 0 bridgehead atoms. The molecule has 0 spiro atoms. The van der Waals surface area contributed by atoms with Gasteiger partial charge in [0.2, 0.25) is 5.96 Å². The van der Waals surface area contributed by atoms with Crippen molar-refractivity contribution >= 4 is 17.7 Å². The molecule has 2 aliphatic heterocycles. The van der Waals surface area contributed by atoms with Gasteiger partial charge in [-0.2, -0.15) is 0 Å². The standard InChI is InChI=1S/C29H27N5O2/c1-36-34-28(35)26-27(33-20-24(30-29(33)34)17-21-11-5-2-6-12-21)32(19-23-15-9-4-10-16-23)25(31-26)18-22-13-7-3-8-14-22/h2-16,24H,17-20H2,1H3/t24-/m1/s1. The van der Waals surface area contributed by atoms with E-state index in [4.69, 9.17) is 14.8 Å². The minimum absolute atomic E-state index is 0.00329. The molecular formula is C29H27N5O2. The summed E-state index contributed by atoms with van der Waals surface area (Å²) in [6.45, 7) is 1.26. The van der Waals surface area contributed by atoms with Crippen molar-refractivity contribution in [2.45, 2.75) is 25.4 Å². The van der Waals surface area contributed by atoms with Crippen LogP contribution in [-0.2, 0) is 24.2 Å². The number of amides is 1. The van der Waals surface area contributed by atoms with Crippen LogP contribution < -0.4 is 4.90 Å². The van der Waals surface area contributed by atoms with E-state index in [-0.39, 0.29) is 11.9 Å². The molecule has 3 aromatic carbocycles. The molecule has 2 aliphatic rings. The SMILES string of the molecule is CON1C(=O)c2nc(Cc3ccccc3)n(Cc3ccccc3)c2N2C[C@@H](Cc3ccccc3)N=C12. The third-order valence-electron chi connectivity index (χ3n) is 6.66. The number of aliphatic imine (C=N–C) groups is 1. The summed E-state index contributed by atoms with van der Waals surface area (Å²) >= 11 is 0. The zero-order valence-electron chi connectivity index (χ0n) is 20.1. The van der Waals surface area contributed by atoms with Crippen LogP contribution in [-0.4, -0.2) is 46.2 Å². The lowest BCUT2D eigenvalue weighted by Gasteiger charge is -2.32. The molecule has 0 fully saturated rings. The number of imidazole rings is 1. The second kappa shape index (κ2) is 9.43. The summed E-state index contributed by atoms with van der Waals surface area (Å²) in [7, 11) is 1.50. The van der Waals surface area contributed by atoms with Gasteiger partial charge in [0.25, 0.3) is 0 Å². The Labute approximate surface area is 210 Å². The largest absolute Gasteiger partial charge is 0.309 e. The molecule has 0 aliphatic carbocycles. The molecule has 1 amide bonds. The zero-order chi connectivity index (χ0) is 24.5. The van der Waals surface area contributed by atoms with Crippen molar-refractivity contribution in [2.75, 3.05) is 18.6 Å². The van der Waals surface area contributed by atoms with E-state index in [1.807, 2.05) is 54.6 Å². The van der Waals surface area contributed by atoms with E-state index in [2.05, 4.69) is 45.9 Å². The van der Waals surface area contributed by atoms with Crippen molar-refractivity contribution in [3.05, 3.63) is 119 Å². The van der Waals surface area contributed by atoms with Crippen LogP contribution in [0.5, 0.6) is 0 Å². The van der Waals surface area contributed by atoms with Gasteiger partial charge in [-0.3, -0.25) is 14.5 Å². The first-order valence-corrected chi connectivity index (χ1v) is 12.2. The minimum atomic E-state index is -0.288. The van der Waals surface area contributed by atoms with Crippen LogP contribution in [0.1, 0.15) is 33.0 Å². The fourth-order valence-electron chi connectivity index (χ4n) is 5.01. The normalized spacial score (nSPS) is 16.6. The van der Waals surface area contributed by atoms with Gasteiger partial charge in [0.05, 0.1) is 26.2 Å². The van der Waals surface area contributed by atoms with Gasteiger partial charge >= 0.3 is 5.91 Å². The maximum Gasteiger partial charge on any atom is 0.307 e. The number of nitrogens with zero attached hydrogens (tertiary/aromatic N) is 5. The average molecular weight is 478 g/mol. The Morgan fingerprint density at radius 2 is 1.47 bits per heavy atom. The minimum Gasteiger partial charge on any atom is -0.309 e. The van der Waals surface area contributed by atoms with Crippen LogP contribution in [0.25, 0.3) is 0 Å². The Morgan fingerprint density at radius 3 is 2.11 bits per heavy atom. The quantitative estimate of drug-likeness (QED) is 0.398. The smallest absolute Gasteiger partial charge is 0.307 e. The van der Waals surface area contributed by atoms with E-state index in [0.29, 0.717) is 31.2 Å². The fraction of sp³-hybridized carbons (Fsp3) is 0.207. The lowest BCUT2D eigenvalue weighted by molar-refractivity contribution is -0.0430. The number of anilines is 1. The first-order chi connectivity index (χ1) is 17.7. The highest BCUT2D eigenvalue weighted by molar-refractivity contribution is 6.17. The van der Waals surface area contributed by atoms with Crippen molar-refractivity contribution in [3.63, 3.8) is 0 Å². The first kappa shape index (κ1) is 22.2. The number of rotatable bonds is 7. The van der Waals surface area contributed by atoms with E-state index in [9.17, 15) is 4.79 Å². The number of fused-ring (bicyclic) bond motifs is 3. The third kappa shape index (κ3) is 4.07. The van der Waals surface area contributed by atoms with Crippen LogP contribution in [0.2, 0.25) is 0 Å². The predicted molar refractivity (Wildman–Crippen MR) is 139 cm³/mol. The number of carbonyl (C=O) groups is 1. The van der Waals surface area contributed by atoms with Gasteiger partial charge in [0.1, 0.15) is 11.6 Å². The number of hydrogen-bond donors (Lipinski definition) is 0. The molecule has 36 heavy (non-hydrogen) atoms. The lowest BCUT2D eigenvalue weighted by atomic mass is 10.1. The monoisotopic (exact) mass is 477 g/mol. The molecule has 0 N–H and O–H groups in total. The van der Waals surface area contributed by atoms with Gasteiger partial charge in [0, 0.05) is 6.42 Å². The Bertz CT molecular complexity index is 1400. The summed E-state index contributed by atoms with van der Waals surface area (Å²) in [6.07, 6.45) is 1.40. The Kier molecular flexibility index (Phi) is 5.83. The third-order valence-corrected chi connectivity index (χ3v) is 6.66. The second-order valence-electron chi connectivity index (χ2n) is 9.10. The molecule has 1 atom stereocenters. The highest BCUT2D eigenvalue weighted by atomic mass is 16.7. The number of hydrogen-bond acceptors (Lipinski definition) is 5. The highest BCUT2D eigenvalue weighted by Crippen LogP contribution is 2.35. The number of hydroxylamine groups is 2. The summed E-state index contributed by atoms with van der Waals surface area (Å²) in [5.74, 6) is 1.87. The summed E-state index contributed by atoms with van der Waals surface area (Å²) < 4.78 is 2.17. The lowest BCUT2D eigenvalue weighted by Crippen LogP contribution is -2.50. The van der Waals surface area contributed by atoms with Crippen molar-refractivity contribution in [1.29, 1.82) is 0 Å². The zero-order valence-corrected chi connectivity index (χ0v) is 20.1. The Balaban J connectivity index is 1.43. The molecule has 1 aromatic heterocycles. The van der Waals surface area contributed by atoms with Crippen LogP contribution in [0.15, 0.2) is 96.0 Å². The van der Waals surface area contributed by atoms with Gasteiger partial charge in [-0.05, 0) is 23.1 Å².